The van der Waals surface area contributed by atoms with Gasteiger partial charge in [0.05, 0.1) is 0 Å². The van der Waals surface area contributed by atoms with Crippen LogP contribution < -0.4 is 5.32 Å². The van der Waals surface area contributed by atoms with Gasteiger partial charge in [-0.2, -0.15) is 0 Å². The maximum Gasteiger partial charge on any atom is 0.326 e. The molecule has 0 heterocycles. The van der Waals surface area contributed by atoms with Gasteiger partial charge in [0, 0.05) is 0 Å². The van der Waals surface area contributed by atoms with Crippen LogP contribution in [0.1, 0.15) is 39.0 Å². The van der Waals surface area contributed by atoms with Gasteiger partial charge in [0.25, 0.3) is 0 Å². The Kier molecular flexibility index (Phi) is 7.32. The zero-order valence-electron chi connectivity index (χ0n) is 9.16. The Balaban J connectivity index is 3.89. The molecule has 0 radical (unpaired) electrons. The van der Waals surface area contributed by atoms with Crippen LogP contribution in [0.5, 0.6) is 0 Å². The van der Waals surface area contributed by atoms with E-state index in [2.05, 4.69) is 18.8 Å². The molecule has 0 aliphatic rings. The molecule has 1 atom stereocenters. The van der Waals surface area contributed by atoms with E-state index >= 15 is 0 Å². The molecule has 2 N–H and O–H groups in total. The number of nitrogens with one attached hydrogen (secondary N) is 1. The van der Waals surface area contributed by atoms with Gasteiger partial charge in [0.15, 0.2) is 0 Å². The molecule has 4 nitrogen and oxygen atoms in total. The van der Waals surface area contributed by atoms with Crippen molar-refractivity contribution in [3.63, 3.8) is 0 Å². The van der Waals surface area contributed by atoms with Gasteiger partial charge in [-0.05, 0) is 12.5 Å². The lowest BCUT2D eigenvalue weighted by molar-refractivity contribution is -0.141. The third-order valence-electron chi connectivity index (χ3n) is 2.15. The zero-order valence-corrected chi connectivity index (χ0v) is 9.16. The van der Waals surface area contributed by atoms with Crippen LogP contribution in [-0.4, -0.2) is 23.0 Å². The number of carbonyl (C=O) groups excluding carboxylic acids is 1. The van der Waals surface area contributed by atoms with E-state index in [1.54, 1.807) is 0 Å². The predicted octanol–water partition coefficient (Wildman–Crippen LogP) is 1.71. The highest BCUT2D eigenvalue weighted by atomic mass is 16.4. The molecule has 0 spiro atoms. The molecule has 0 aromatic rings. The average Bonchev–Trinajstić information content (AvgIpc) is 2.21. The summed E-state index contributed by atoms with van der Waals surface area (Å²) in [4.78, 5) is 21.7. The Morgan fingerprint density at radius 3 is 2.53 bits per heavy atom. The van der Waals surface area contributed by atoms with Gasteiger partial charge < -0.3 is 10.4 Å². The predicted molar refractivity (Wildman–Crippen MR) is 58.5 cm³/mol. The molecule has 15 heavy (non-hydrogen) atoms. The third-order valence-corrected chi connectivity index (χ3v) is 2.15. The molecule has 1 amide bonds. The fourth-order valence-electron chi connectivity index (χ4n) is 1.26. The summed E-state index contributed by atoms with van der Waals surface area (Å²) in [5.74, 6) is -1.42. The summed E-state index contributed by atoms with van der Waals surface area (Å²) in [6, 6.07) is -0.785. The van der Waals surface area contributed by atoms with Crippen LogP contribution in [-0.2, 0) is 9.59 Å². The minimum Gasteiger partial charge on any atom is -0.480 e. The summed E-state index contributed by atoms with van der Waals surface area (Å²) in [6.45, 7) is 5.37. The molecule has 0 aliphatic carbocycles. The molecule has 0 bridgehead atoms. The number of carboxylic acids is 1. The summed E-state index contributed by atoms with van der Waals surface area (Å²) >= 11 is 0. The number of rotatable bonds is 8. The number of unbranched alkanes of at least 4 members (excludes halogenated alkanes) is 3. The molecular weight excluding hydrogens is 194 g/mol. The Morgan fingerprint density at radius 1 is 1.40 bits per heavy atom. The van der Waals surface area contributed by atoms with Crippen LogP contribution in [0.15, 0.2) is 12.7 Å². The fraction of sp³-hybridized carbons (Fsp3) is 0.636. The van der Waals surface area contributed by atoms with Crippen LogP contribution >= 0.6 is 0 Å². The van der Waals surface area contributed by atoms with Crippen LogP contribution in [0.25, 0.3) is 0 Å². The van der Waals surface area contributed by atoms with Gasteiger partial charge in [-0.1, -0.05) is 39.2 Å². The zero-order chi connectivity index (χ0) is 11.7. The Bertz CT molecular complexity index is 226. The third kappa shape index (κ3) is 6.71. The number of hydrogen-bond acceptors (Lipinski definition) is 2. The van der Waals surface area contributed by atoms with Gasteiger partial charge in [-0.15, -0.1) is 0 Å². The van der Waals surface area contributed by atoms with Crippen molar-refractivity contribution in [2.75, 3.05) is 0 Å². The van der Waals surface area contributed by atoms with E-state index in [9.17, 15) is 9.59 Å². The topological polar surface area (TPSA) is 66.4 Å². The summed E-state index contributed by atoms with van der Waals surface area (Å²) in [7, 11) is 0. The van der Waals surface area contributed by atoms with Crippen molar-refractivity contribution in [3.8, 4) is 0 Å². The SMILES string of the molecule is C=CC(=O)NC(CCCCCC)C(=O)O. The first kappa shape index (κ1) is 13.7. The van der Waals surface area contributed by atoms with Crippen molar-refractivity contribution < 1.29 is 14.7 Å². The van der Waals surface area contributed by atoms with Crippen molar-refractivity contribution in [1.29, 1.82) is 0 Å². The molecular formula is C11H19NO3. The molecule has 0 aromatic heterocycles. The molecule has 0 fully saturated rings. The van der Waals surface area contributed by atoms with E-state index in [1.807, 2.05) is 0 Å². The second-order valence-corrected chi connectivity index (χ2v) is 3.45. The maximum absolute atomic E-state index is 10.9. The number of amides is 1. The summed E-state index contributed by atoms with van der Waals surface area (Å²) in [5, 5.41) is 11.2. The number of aliphatic carboxylic acids is 1. The van der Waals surface area contributed by atoms with Gasteiger partial charge in [0.2, 0.25) is 5.91 Å². The van der Waals surface area contributed by atoms with E-state index in [4.69, 9.17) is 5.11 Å². The van der Waals surface area contributed by atoms with Crippen molar-refractivity contribution in [1.82, 2.24) is 5.32 Å². The van der Waals surface area contributed by atoms with Crippen molar-refractivity contribution in [2.24, 2.45) is 0 Å². The van der Waals surface area contributed by atoms with Gasteiger partial charge in [-0.25, -0.2) is 4.79 Å². The highest BCUT2D eigenvalue weighted by Gasteiger charge is 2.17. The van der Waals surface area contributed by atoms with Gasteiger partial charge >= 0.3 is 5.97 Å². The Morgan fingerprint density at radius 2 is 2.07 bits per heavy atom. The largest absolute Gasteiger partial charge is 0.480 e. The lowest BCUT2D eigenvalue weighted by atomic mass is 10.1. The lowest BCUT2D eigenvalue weighted by Crippen LogP contribution is -2.39. The van der Waals surface area contributed by atoms with Crippen LogP contribution in [0.4, 0.5) is 0 Å². The second-order valence-electron chi connectivity index (χ2n) is 3.45. The van der Waals surface area contributed by atoms with Gasteiger partial charge in [-0.3, -0.25) is 4.79 Å². The van der Waals surface area contributed by atoms with E-state index in [0.29, 0.717) is 6.42 Å². The normalized spacial score (nSPS) is 11.8. The molecule has 1 unspecified atom stereocenters. The van der Waals surface area contributed by atoms with Crippen molar-refractivity contribution in [2.45, 2.75) is 45.1 Å². The summed E-state index contributed by atoms with van der Waals surface area (Å²) < 4.78 is 0. The van der Waals surface area contributed by atoms with E-state index in [-0.39, 0.29) is 0 Å². The molecule has 0 aliphatic heterocycles. The van der Waals surface area contributed by atoms with E-state index in [1.165, 1.54) is 0 Å². The number of carbonyl (C=O) groups is 2. The number of hydrogen-bond donors (Lipinski definition) is 2. The van der Waals surface area contributed by atoms with Crippen molar-refractivity contribution >= 4 is 11.9 Å². The van der Waals surface area contributed by atoms with Crippen LogP contribution in [0.3, 0.4) is 0 Å². The second kappa shape index (κ2) is 8.03. The molecule has 86 valence electrons. The first-order valence-electron chi connectivity index (χ1n) is 5.27. The van der Waals surface area contributed by atoms with Crippen molar-refractivity contribution in [3.05, 3.63) is 12.7 Å². The monoisotopic (exact) mass is 213 g/mol. The Hall–Kier alpha value is -1.32. The van der Waals surface area contributed by atoms with Gasteiger partial charge in [0.1, 0.15) is 6.04 Å². The molecule has 0 saturated heterocycles. The highest BCUT2D eigenvalue weighted by Crippen LogP contribution is 2.05. The first-order valence-corrected chi connectivity index (χ1v) is 5.27. The fourth-order valence-corrected chi connectivity index (χ4v) is 1.26. The van der Waals surface area contributed by atoms with Crippen LogP contribution in [0.2, 0.25) is 0 Å². The standard InChI is InChI=1S/C11H19NO3/c1-3-5-6-7-8-9(11(14)15)12-10(13)4-2/h4,9H,2-3,5-8H2,1H3,(H,12,13)(H,14,15). The number of carboxylic acid groups (broad SMARTS) is 1. The maximum atomic E-state index is 10.9. The quantitative estimate of drug-likeness (QED) is 0.476. The minimum atomic E-state index is -0.985. The van der Waals surface area contributed by atoms with Crippen LogP contribution in [0, 0.1) is 0 Å². The van der Waals surface area contributed by atoms with E-state index < -0.39 is 17.9 Å². The first-order chi connectivity index (χ1) is 7.11. The minimum absolute atomic E-state index is 0.433. The average molecular weight is 213 g/mol. The lowest BCUT2D eigenvalue weighted by Gasteiger charge is -2.12. The highest BCUT2D eigenvalue weighted by molar-refractivity contribution is 5.90. The molecule has 4 heteroatoms. The Labute approximate surface area is 90.4 Å². The molecule has 0 saturated carbocycles. The summed E-state index contributed by atoms with van der Waals surface area (Å²) in [6.07, 6.45) is 5.60. The van der Waals surface area contributed by atoms with E-state index in [0.717, 1.165) is 31.8 Å². The summed E-state index contributed by atoms with van der Waals surface area (Å²) in [5.41, 5.74) is 0. The molecule has 0 aromatic carbocycles. The smallest absolute Gasteiger partial charge is 0.326 e. The molecule has 0 rings (SSSR count).